The zero-order valence-corrected chi connectivity index (χ0v) is 19.0. The van der Waals surface area contributed by atoms with Crippen molar-refractivity contribution in [2.45, 2.75) is 17.4 Å². The molecule has 1 saturated heterocycles. The van der Waals surface area contributed by atoms with Gasteiger partial charge in [0.1, 0.15) is 29.8 Å². The highest BCUT2D eigenvalue weighted by atomic mass is 127. The van der Waals surface area contributed by atoms with E-state index in [-0.39, 0.29) is 26.3 Å². The number of morpholine rings is 1. The van der Waals surface area contributed by atoms with Gasteiger partial charge < -0.3 is 20.5 Å². The summed E-state index contributed by atoms with van der Waals surface area (Å²) in [6, 6.07) is 13.7. The smallest absolute Gasteiger partial charge is 0.241 e. The summed E-state index contributed by atoms with van der Waals surface area (Å²) in [4.78, 5) is 12.0. The highest BCUT2D eigenvalue weighted by molar-refractivity contribution is 14.1. The van der Waals surface area contributed by atoms with Crippen LogP contribution in [0.15, 0.2) is 48.5 Å². The number of anilines is 1. The first-order valence-electron chi connectivity index (χ1n) is 9.50. The number of para-hydroxylation sites is 1. The van der Waals surface area contributed by atoms with Crippen molar-refractivity contribution in [1.29, 1.82) is 0 Å². The molecule has 2 aromatic carbocycles. The van der Waals surface area contributed by atoms with E-state index in [1.807, 2.05) is 36.4 Å². The maximum atomic E-state index is 13.6. The molecule has 0 saturated carbocycles. The molecule has 2 unspecified atom stereocenters. The zero-order valence-electron chi connectivity index (χ0n) is 16.0. The van der Waals surface area contributed by atoms with Gasteiger partial charge in [0.2, 0.25) is 15.9 Å². The Hall–Kier alpha value is -1.89. The van der Waals surface area contributed by atoms with E-state index in [2.05, 4.69) is 27.9 Å². The molecule has 2 aliphatic heterocycles. The Morgan fingerprint density at radius 3 is 2.77 bits per heavy atom. The lowest BCUT2D eigenvalue weighted by Crippen LogP contribution is -2.51. The first-order chi connectivity index (χ1) is 14.4. The number of carbonyl (C=O) groups is 1. The van der Waals surface area contributed by atoms with E-state index >= 15 is 0 Å². The van der Waals surface area contributed by atoms with Crippen LogP contribution in [0.5, 0.6) is 5.75 Å². The van der Waals surface area contributed by atoms with Crippen LogP contribution < -0.4 is 15.8 Å². The van der Waals surface area contributed by atoms with Gasteiger partial charge in [-0.3, -0.25) is 4.79 Å². The fourth-order valence-electron chi connectivity index (χ4n) is 3.77. The number of rotatable bonds is 6. The third-order valence-electron chi connectivity index (χ3n) is 5.20. The average Bonchev–Trinajstić information content (AvgIpc) is 3.13. The molecule has 0 aromatic heterocycles. The predicted molar refractivity (Wildman–Crippen MR) is 121 cm³/mol. The largest absolute Gasteiger partial charge is 0.491 e. The average molecular weight is 543 g/mol. The van der Waals surface area contributed by atoms with Crippen LogP contribution in [0.25, 0.3) is 0 Å². The van der Waals surface area contributed by atoms with Crippen LogP contribution in [-0.2, 0) is 19.6 Å². The van der Waals surface area contributed by atoms with Gasteiger partial charge in [-0.15, -0.1) is 0 Å². The minimum absolute atomic E-state index is 0.149. The molecule has 160 valence electrons. The summed E-state index contributed by atoms with van der Waals surface area (Å²) in [5.41, 5.74) is 6.72. The molecule has 1 amide bonds. The fraction of sp³-hybridized carbons (Fsp3) is 0.350. The van der Waals surface area contributed by atoms with Crippen molar-refractivity contribution in [1.82, 2.24) is 4.31 Å². The second-order valence-electron chi connectivity index (χ2n) is 7.20. The summed E-state index contributed by atoms with van der Waals surface area (Å²) in [7, 11) is -3.87. The molecule has 30 heavy (non-hydrogen) atoms. The minimum atomic E-state index is -3.87. The number of nitrogens with two attached hydrogens (primary N) is 1. The third-order valence-corrected chi connectivity index (χ3v) is 8.09. The van der Waals surface area contributed by atoms with E-state index < -0.39 is 33.3 Å². The quantitative estimate of drug-likeness (QED) is 0.537. The van der Waals surface area contributed by atoms with Gasteiger partial charge in [0.25, 0.3) is 0 Å². The SMILES string of the molecule is NC(=O)C1Nc2ccc(I)cc2C1S(=O)(=O)N1CCO[C@@H](COc2ccccc2)C1. The van der Waals surface area contributed by atoms with Crippen molar-refractivity contribution in [2.75, 3.05) is 31.6 Å². The summed E-state index contributed by atoms with van der Waals surface area (Å²) < 4.78 is 40.9. The van der Waals surface area contributed by atoms with E-state index in [9.17, 15) is 13.2 Å². The molecule has 3 N–H and O–H groups in total. The number of sulfonamides is 1. The van der Waals surface area contributed by atoms with Crippen LogP contribution in [0.2, 0.25) is 0 Å². The number of halogens is 1. The minimum Gasteiger partial charge on any atom is -0.491 e. The molecule has 0 spiro atoms. The molecular formula is C20H22IN3O5S. The zero-order chi connectivity index (χ0) is 21.3. The number of hydrogen-bond acceptors (Lipinski definition) is 6. The van der Waals surface area contributed by atoms with E-state index in [0.29, 0.717) is 17.0 Å². The lowest BCUT2D eigenvalue weighted by atomic mass is 10.1. The molecule has 0 radical (unpaired) electrons. The summed E-state index contributed by atoms with van der Waals surface area (Å²) in [6.45, 7) is 0.844. The number of amides is 1. The maximum absolute atomic E-state index is 13.6. The monoisotopic (exact) mass is 543 g/mol. The van der Waals surface area contributed by atoms with Gasteiger partial charge in [-0.1, -0.05) is 18.2 Å². The molecule has 3 atom stereocenters. The molecule has 8 nitrogen and oxygen atoms in total. The van der Waals surface area contributed by atoms with Gasteiger partial charge in [0.15, 0.2) is 0 Å². The van der Waals surface area contributed by atoms with E-state index in [1.54, 1.807) is 12.1 Å². The number of ether oxygens (including phenoxy) is 2. The van der Waals surface area contributed by atoms with Crippen LogP contribution in [0.1, 0.15) is 10.8 Å². The Labute approximate surface area is 188 Å². The van der Waals surface area contributed by atoms with Crippen molar-refractivity contribution in [3.8, 4) is 5.75 Å². The van der Waals surface area contributed by atoms with Crippen LogP contribution in [-0.4, -0.2) is 57.1 Å². The fourth-order valence-corrected chi connectivity index (χ4v) is 6.37. The van der Waals surface area contributed by atoms with Crippen LogP contribution >= 0.6 is 22.6 Å². The molecule has 4 rings (SSSR count). The number of benzene rings is 2. The lowest BCUT2D eigenvalue weighted by molar-refractivity contribution is -0.118. The van der Waals surface area contributed by atoms with Gasteiger partial charge in [-0.25, -0.2) is 8.42 Å². The van der Waals surface area contributed by atoms with Gasteiger partial charge in [-0.05, 0) is 58.5 Å². The van der Waals surface area contributed by atoms with Crippen molar-refractivity contribution < 1.29 is 22.7 Å². The first-order valence-corrected chi connectivity index (χ1v) is 12.1. The van der Waals surface area contributed by atoms with Crippen LogP contribution in [0, 0.1) is 3.57 Å². The highest BCUT2D eigenvalue weighted by Gasteiger charge is 2.48. The van der Waals surface area contributed by atoms with Crippen LogP contribution in [0.3, 0.4) is 0 Å². The van der Waals surface area contributed by atoms with E-state index in [4.69, 9.17) is 15.2 Å². The van der Waals surface area contributed by atoms with Crippen molar-refractivity contribution in [3.63, 3.8) is 0 Å². The van der Waals surface area contributed by atoms with Crippen molar-refractivity contribution >= 4 is 44.2 Å². The second-order valence-corrected chi connectivity index (χ2v) is 10.5. The number of hydrogen-bond donors (Lipinski definition) is 2. The van der Waals surface area contributed by atoms with Crippen LogP contribution in [0.4, 0.5) is 5.69 Å². The molecule has 2 heterocycles. The highest BCUT2D eigenvalue weighted by Crippen LogP contribution is 2.42. The molecule has 2 aromatic rings. The molecule has 1 fully saturated rings. The molecular weight excluding hydrogens is 521 g/mol. The molecule has 10 heteroatoms. The topological polar surface area (TPSA) is 111 Å². The maximum Gasteiger partial charge on any atom is 0.241 e. The molecule has 2 aliphatic rings. The Kier molecular flexibility index (Phi) is 6.19. The standard InChI is InChI=1S/C20H22IN3O5S/c21-13-6-7-17-16(10-13)19(18(23-17)20(22)25)30(26,27)24-8-9-28-15(11-24)12-29-14-4-2-1-3-5-14/h1-7,10,15,18-19,23H,8-9,11-12H2,(H2,22,25)/t15-,18?,19?/m1/s1. The summed E-state index contributed by atoms with van der Waals surface area (Å²) >= 11 is 2.12. The first kappa shape index (κ1) is 21.3. The lowest BCUT2D eigenvalue weighted by Gasteiger charge is -2.34. The Morgan fingerprint density at radius 1 is 1.27 bits per heavy atom. The van der Waals surface area contributed by atoms with Crippen molar-refractivity contribution in [2.24, 2.45) is 5.73 Å². The number of nitrogens with one attached hydrogen (secondary N) is 1. The summed E-state index contributed by atoms with van der Waals surface area (Å²) in [5, 5.41) is 1.90. The number of primary amides is 1. The van der Waals surface area contributed by atoms with E-state index in [1.165, 1.54) is 4.31 Å². The molecule has 0 bridgehead atoms. The summed E-state index contributed by atoms with van der Waals surface area (Å²) in [6.07, 6.45) is -0.412. The second kappa shape index (κ2) is 8.69. The van der Waals surface area contributed by atoms with Crippen molar-refractivity contribution in [3.05, 3.63) is 57.7 Å². The number of nitrogens with zero attached hydrogens (tertiary/aromatic N) is 1. The Balaban J connectivity index is 1.54. The van der Waals surface area contributed by atoms with Gasteiger partial charge in [0, 0.05) is 22.3 Å². The Morgan fingerprint density at radius 2 is 2.03 bits per heavy atom. The van der Waals surface area contributed by atoms with E-state index in [0.717, 1.165) is 3.57 Å². The third kappa shape index (κ3) is 4.27. The molecule has 0 aliphatic carbocycles. The number of fused-ring (bicyclic) bond motifs is 1. The van der Waals surface area contributed by atoms with Gasteiger partial charge in [0.05, 0.1) is 6.61 Å². The number of carbonyl (C=O) groups excluding carboxylic acids is 1. The van der Waals surface area contributed by atoms with Gasteiger partial charge >= 0.3 is 0 Å². The Bertz CT molecular complexity index is 1030. The normalized spacial score (nSPS) is 24.1. The summed E-state index contributed by atoms with van der Waals surface area (Å²) in [5.74, 6) is -0.00891. The van der Waals surface area contributed by atoms with Gasteiger partial charge in [-0.2, -0.15) is 4.31 Å². The predicted octanol–water partition coefficient (Wildman–Crippen LogP) is 1.72.